The molecule has 0 spiro atoms. The molecule has 4 unspecified atom stereocenters. The number of ether oxygens (including phenoxy) is 4. The molecular formula is C72H48O4. The average Bonchev–Trinajstić information content (AvgIpc) is 4.02. The third-order valence-corrected chi connectivity index (χ3v) is 14.1. The monoisotopic (exact) mass is 976 g/mol. The van der Waals surface area contributed by atoms with E-state index in [1.54, 1.807) is 28.4 Å². The fourth-order valence-electron chi connectivity index (χ4n) is 10.1. The van der Waals surface area contributed by atoms with Crippen molar-refractivity contribution < 1.29 is 18.9 Å². The van der Waals surface area contributed by atoms with E-state index in [1.165, 1.54) is 0 Å². The van der Waals surface area contributed by atoms with Gasteiger partial charge < -0.3 is 18.9 Å². The zero-order valence-corrected chi connectivity index (χ0v) is 42.4. The Kier molecular flexibility index (Phi) is 13.3. The highest BCUT2D eigenvalue weighted by Crippen LogP contribution is 2.47. The Labute approximate surface area is 446 Å². The van der Waals surface area contributed by atoms with Crippen molar-refractivity contribution >= 4 is 11.1 Å². The molecule has 8 aromatic rings. The highest BCUT2D eigenvalue weighted by molar-refractivity contribution is 6.05. The van der Waals surface area contributed by atoms with Crippen LogP contribution in [0.5, 0.6) is 0 Å². The van der Waals surface area contributed by atoms with E-state index in [0.29, 0.717) is 33.4 Å². The number of benzene rings is 8. The van der Waals surface area contributed by atoms with Crippen LogP contribution in [0.15, 0.2) is 230 Å². The Hall–Kier alpha value is -9.56. The van der Waals surface area contributed by atoms with Crippen LogP contribution < -0.4 is 0 Å². The van der Waals surface area contributed by atoms with E-state index in [1.807, 2.05) is 170 Å². The lowest BCUT2D eigenvalue weighted by Crippen LogP contribution is -2.29. The Balaban J connectivity index is 1.31. The van der Waals surface area contributed by atoms with Crippen LogP contribution in [0.4, 0.5) is 0 Å². The number of hydrogen-bond acceptors (Lipinski definition) is 4. The van der Waals surface area contributed by atoms with Crippen LogP contribution in [-0.4, -0.2) is 28.4 Å². The molecule has 0 amide bonds. The van der Waals surface area contributed by atoms with Crippen molar-refractivity contribution in [1.82, 2.24) is 0 Å². The second kappa shape index (κ2) is 20.7. The van der Waals surface area contributed by atoms with Gasteiger partial charge in [-0.2, -0.15) is 0 Å². The standard InChI is InChI=1S/C72H48O4/c1-73-69(55-25-9-5-10-26-55)45-41-53(67-63-37-21-17-33-59(63)60-34-18-22-38-64(60)67)42-47-71(75-3,57-29-13-7-14-30-57)51-52-72(76-4,58-31-15-8-16-32-58)48-44-54(43-46-70(74-2,50-49-69)56-27-11-6-12-28-56)68-65-39-23-19-35-61(65)62-36-20-24-40-66(62)68/h5-40H,1-4H3. The van der Waals surface area contributed by atoms with Crippen LogP contribution in [0, 0.1) is 71.0 Å². The number of fused-ring (bicyclic) bond motifs is 6. The molecule has 0 aliphatic heterocycles. The van der Waals surface area contributed by atoms with Gasteiger partial charge in [-0.3, -0.25) is 0 Å². The normalized spacial score (nSPS) is 20.7. The van der Waals surface area contributed by atoms with Crippen LogP contribution in [0.1, 0.15) is 44.5 Å². The lowest BCUT2D eigenvalue weighted by Gasteiger charge is -2.26. The molecule has 0 radical (unpaired) electrons. The minimum Gasteiger partial charge on any atom is -0.351 e. The first kappa shape index (κ1) is 48.7. The molecule has 0 heterocycles. The predicted molar refractivity (Wildman–Crippen MR) is 303 cm³/mol. The Bertz CT molecular complexity index is 3510. The quantitative estimate of drug-likeness (QED) is 0.142. The van der Waals surface area contributed by atoms with Crippen LogP contribution in [0.3, 0.4) is 0 Å². The topological polar surface area (TPSA) is 36.9 Å². The SMILES string of the molecule is COC1(c2ccccc2)C#CC(=C2c3ccccc3-c3ccccc32)C#CC(OC)(c2ccccc2)C#CC(OC)(c2ccccc2)C#CC(=C2c3ccccc3-c3ccccc32)C#CC(OC)(c2ccccc2)C#C1. The van der Waals surface area contributed by atoms with Crippen LogP contribution in [0.25, 0.3) is 33.4 Å². The van der Waals surface area contributed by atoms with Crippen molar-refractivity contribution in [3.8, 4) is 93.3 Å². The lowest BCUT2D eigenvalue weighted by atomic mass is 9.88. The number of methoxy groups -OCH3 is 4. The van der Waals surface area contributed by atoms with Gasteiger partial charge in [0, 0.05) is 61.8 Å². The van der Waals surface area contributed by atoms with Gasteiger partial charge in [0.1, 0.15) is 0 Å². The Morgan fingerprint density at radius 2 is 0.408 bits per heavy atom. The van der Waals surface area contributed by atoms with Gasteiger partial charge in [-0.15, -0.1) is 0 Å². The van der Waals surface area contributed by atoms with E-state index in [0.717, 1.165) is 55.7 Å². The van der Waals surface area contributed by atoms with Crippen molar-refractivity contribution in [2.24, 2.45) is 0 Å². The van der Waals surface area contributed by atoms with E-state index in [9.17, 15) is 0 Å². The molecule has 0 fully saturated rings. The summed E-state index contributed by atoms with van der Waals surface area (Å²) in [4.78, 5) is 0. The van der Waals surface area contributed by atoms with E-state index in [-0.39, 0.29) is 0 Å². The van der Waals surface area contributed by atoms with Crippen LogP contribution >= 0.6 is 0 Å². The van der Waals surface area contributed by atoms with E-state index >= 15 is 0 Å². The molecule has 3 aliphatic carbocycles. The summed E-state index contributed by atoms with van der Waals surface area (Å²) in [5.41, 5.74) is 7.58. The first-order chi connectivity index (χ1) is 37.4. The summed E-state index contributed by atoms with van der Waals surface area (Å²) in [6.07, 6.45) is 0. The van der Waals surface area contributed by atoms with Crippen LogP contribution in [0.2, 0.25) is 0 Å². The minimum atomic E-state index is -1.55. The molecule has 4 heteroatoms. The van der Waals surface area contributed by atoms with Gasteiger partial charge >= 0.3 is 0 Å². The van der Waals surface area contributed by atoms with Crippen molar-refractivity contribution in [3.63, 3.8) is 0 Å². The molecule has 11 rings (SSSR count). The summed E-state index contributed by atoms with van der Waals surface area (Å²) in [5, 5.41) is 0. The zero-order chi connectivity index (χ0) is 52.0. The Morgan fingerprint density at radius 3 is 0.605 bits per heavy atom. The molecule has 3 aliphatic rings. The van der Waals surface area contributed by atoms with Crippen molar-refractivity contribution in [3.05, 3.63) is 274 Å². The summed E-state index contributed by atoms with van der Waals surface area (Å²) in [5.74, 6) is 42.8. The van der Waals surface area contributed by atoms with E-state index < -0.39 is 22.4 Å². The fraction of sp³-hybridized carbons (Fsp3) is 0.111. The molecular weight excluding hydrogens is 929 g/mol. The second-order valence-electron chi connectivity index (χ2n) is 18.2. The second-order valence-corrected chi connectivity index (χ2v) is 18.2. The highest BCUT2D eigenvalue weighted by Gasteiger charge is 2.36. The largest absolute Gasteiger partial charge is 0.351 e. The summed E-state index contributed by atoms with van der Waals surface area (Å²) in [6.45, 7) is 0. The van der Waals surface area contributed by atoms with Crippen LogP contribution in [-0.2, 0) is 41.4 Å². The number of rotatable bonds is 8. The summed E-state index contributed by atoms with van der Waals surface area (Å²) in [6, 6.07) is 72.4. The lowest BCUT2D eigenvalue weighted by molar-refractivity contribution is 0.0800. The third kappa shape index (κ3) is 8.72. The third-order valence-electron chi connectivity index (χ3n) is 14.1. The molecule has 0 aromatic heterocycles. The maximum absolute atomic E-state index is 6.60. The van der Waals surface area contributed by atoms with Crippen molar-refractivity contribution in [1.29, 1.82) is 0 Å². The molecule has 360 valence electrons. The zero-order valence-electron chi connectivity index (χ0n) is 42.4. The minimum absolute atomic E-state index is 0.506. The van der Waals surface area contributed by atoms with Gasteiger partial charge in [0.15, 0.2) is 0 Å². The van der Waals surface area contributed by atoms with Gasteiger partial charge in [-0.05, 0) is 91.9 Å². The predicted octanol–water partition coefficient (Wildman–Crippen LogP) is 13.2. The fourth-order valence-corrected chi connectivity index (χ4v) is 10.1. The molecule has 4 nitrogen and oxygen atoms in total. The van der Waals surface area contributed by atoms with Gasteiger partial charge in [-0.25, -0.2) is 0 Å². The maximum Gasteiger partial charge on any atom is 0.216 e. The van der Waals surface area contributed by atoms with Gasteiger partial charge in [0.25, 0.3) is 0 Å². The summed E-state index contributed by atoms with van der Waals surface area (Å²) >= 11 is 0. The highest BCUT2D eigenvalue weighted by atomic mass is 16.5. The molecule has 8 aromatic carbocycles. The maximum atomic E-state index is 6.60. The number of hydrogen-bond donors (Lipinski definition) is 0. The van der Waals surface area contributed by atoms with Crippen molar-refractivity contribution in [2.45, 2.75) is 22.4 Å². The van der Waals surface area contributed by atoms with E-state index in [2.05, 4.69) is 120 Å². The molecule has 0 N–H and O–H groups in total. The molecule has 0 saturated carbocycles. The summed E-state index contributed by atoms with van der Waals surface area (Å²) in [7, 11) is 6.47. The van der Waals surface area contributed by atoms with Crippen molar-refractivity contribution in [2.75, 3.05) is 28.4 Å². The van der Waals surface area contributed by atoms with E-state index in [4.69, 9.17) is 18.9 Å². The first-order valence-electron chi connectivity index (χ1n) is 24.9. The molecule has 0 saturated heterocycles. The summed E-state index contributed by atoms with van der Waals surface area (Å²) < 4.78 is 26.4. The molecule has 4 atom stereocenters. The first-order valence-corrected chi connectivity index (χ1v) is 24.9. The number of allylic oxidation sites excluding steroid dienone is 2. The van der Waals surface area contributed by atoms with Gasteiger partial charge in [0.2, 0.25) is 22.4 Å². The average molecular weight is 977 g/mol. The molecule has 76 heavy (non-hydrogen) atoms. The Morgan fingerprint density at radius 1 is 0.224 bits per heavy atom. The smallest absolute Gasteiger partial charge is 0.216 e. The van der Waals surface area contributed by atoms with Gasteiger partial charge in [0.05, 0.1) is 11.1 Å². The van der Waals surface area contributed by atoms with Gasteiger partial charge in [-0.1, -0.05) is 242 Å². The molecule has 0 bridgehead atoms.